The lowest BCUT2D eigenvalue weighted by atomic mass is 10.1. The summed E-state index contributed by atoms with van der Waals surface area (Å²) in [5, 5.41) is 7.27. The number of nitrogens with one attached hydrogen (secondary N) is 1. The van der Waals surface area contributed by atoms with Crippen LogP contribution in [-0.4, -0.2) is 29.3 Å². The molecule has 0 saturated carbocycles. The second-order valence-electron chi connectivity index (χ2n) is 6.70. The second kappa shape index (κ2) is 10.2. The lowest BCUT2D eigenvalue weighted by Crippen LogP contribution is -2.31. The third-order valence-corrected chi connectivity index (χ3v) is 4.61. The normalized spacial score (nSPS) is 10.5. The van der Waals surface area contributed by atoms with Crippen molar-refractivity contribution in [2.24, 2.45) is 0 Å². The minimum Gasteiger partial charge on any atom is -0.497 e. The fraction of sp³-hybridized carbons (Fsp3) is 0.261. The molecule has 1 aromatic heterocycles. The highest BCUT2D eigenvalue weighted by Gasteiger charge is 2.06. The maximum Gasteiger partial charge on any atom is 0.266 e. The Morgan fingerprint density at radius 2 is 1.79 bits per heavy atom. The molecule has 6 nitrogen and oxygen atoms in total. The van der Waals surface area contributed by atoms with Crippen LogP contribution in [0.5, 0.6) is 5.75 Å². The van der Waals surface area contributed by atoms with Crippen molar-refractivity contribution in [3.63, 3.8) is 0 Å². The van der Waals surface area contributed by atoms with Gasteiger partial charge in [0.25, 0.3) is 5.56 Å². The van der Waals surface area contributed by atoms with Crippen molar-refractivity contribution in [1.82, 2.24) is 15.1 Å². The number of aromatic nitrogens is 2. The van der Waals surface area contributed by atoms with Crippen LogP contribution < -0.4 is 15.6 Å². The van der Waals surface area contributed by atoms with E-state index in [1.165, 1.54) is 16.3 Å². The number of rotatable bonds is 9. The third-order valence-electron chi connectivity index (χ3n) is 4.61. The van der Waals surface area contributed by atoms with Gasteiger partial charge in [-0.3, -0.25) is 9.59 Å². The van der Waals surface area contributed by atoms with Crippen LogP contribution in [0.4, 0.5) is 0 Å². The number of carbonyl (C=O) groups excluding carboxylic acids is 1. The fourth-order valence-corrected chi connectivity index (χ4v) is 3.01. The molecule has 0 bridgehead atoms. The Labute approximate surface area is 170 Å². The number of methoxy groups -OCH3 is 1. The molecule has 0 spiro atoms. The molecule has 0 radical (unpaired) electrons. The van der Waals surface area contributed by atoms with Crippen molar-refractivity contribution in [2.45, 2.75) is 25.8 Å². The van der Waals surface area contributed by atoms with E-state index in [1.807, 2.05) is 42.5 Å². The highest BCUT2D eigenvalue weighted by Crippen LogP contribution is 2.19. The molecule has 0 atom stereocenters. The van der Waals surface area contributed by atoms with Crippen LogP contribution >= 0.6 is 0 Å². The van der Waals surface area contributed by atoms with E-state index >= 15 is 0 Å². The molecule has 0 unspecified atom stereocenters. The van der Waals surface area contributed by atoms with Crippen LogP contribution in [0.2, 0.25) is 0 Å². The average molecular weight is 391 g/mol. The van der Waals surface area contributed by atoms with Gasteiger partial charge in [0.1, 0.15) is 5.75 Å². The molecule has 29 heavy (non-hydrogen) atoms. The summed E-state index contributed by atoms with van der Waals surface area (Å²) in [7, 11) is 1.61. The predicted molar refractivity (Wildman–Crippen MR) is 113 cm³/mol. The number of aryl methyl sites for hydroxylation is 1. The van der Waals surface area contributed by atoms with Crippen molar-refractivity contribution < 1.29 is 9.53 Å². The number of ether oxygens (including phenoxy) is 1. The molecule has 150 valence electrons. The van der Waals surface area contributed by atoms with Crippen LogP contribution in [0.15, 0.2) is 71.5 Å². The second-order valence-corrected chi connectivity index (χ2v) is 6.70. The minimum atomic E-state index is -0.194. The summed E-state index contributed by atoms with van der Waals surface area (Å²) in [5.74, 6) is 0.748. The summed E-state index contributed by atoms with van der Waals surface area (Å²) in [5.41, 5.74) is 2.62. The van der Waals surface area contributed by atoms with E-state index in [0.717, 1.165) is 24.2 Å². The molecule has 1 N–H and O–H groups in total. The first-order valence-electron chi connectivity index (χ1n) is 9.69. The first-order valence-corrected chi connectivity index (χ1v) is 9.69. The van der Waals surface area contributed by atoms with Crippen LogP contribution in [0, 0.1) is 0 Å². The molecule has 1 amide bonds. The molecular formula is C23H25N3O3. The van der Waals surface area contributed by atoms with Gasteiger partial charge in [0.2, 0.25) is 5.91 Å². The van der Waals surface area contributed by atoms with E-state index in [0.29, 0.717) is 25.2 Å². The highest BCUT2D eigenvalue weighted by molar-refractivity contribution is 5.75. The first kappa shape index (κ1) is 20.3. The van der Waals surface area contributed by atoms with Gasteiger partial charge in [0.05, 0.1) is 19.3 Å². The number of hydrogen-bond acceptors (Lipinski definition) is 4. The quantitative estimate of drug-likeness (QED) is 0.608. The Hall–Kier alpha value is -3.41. The molecule has 6 heteroatoms. The van der Waals surface area contributed by atoms with Gasteiger partial charge in [-0.2, -0.15) is 5.10 Å². The largest absolute Gasteiger partial charge is 0.497 e. The Morgan fingerprint density at radius 3 is 2.52 bits per heavy atom. The minimum absolute atomic E-state index is 0.0136. The van der Waals surface area contributed by atoms with Gasteiger partial charge in [-0.15, -0.1) is 0 Å². The summed E-state index contributed by atoms with van der Waals surface area (Å²) in [4.78, 5) is 24.1. The van der Waals surface area contributed by atoms with Gasteiger partial charge < -0.3 is 10.1 Å². The van der Waals surface area contributed by atoms with Crippen LogP contribution in [0.25, 0.3) is 11.3 Å². The van der Waals surface area contributed by atoms with E-state index < -0.39 is 0 Å². The van der Waals surface area contributed by atoms with Crippen molar-refractivity contribution in [2.75, 3.05) is 13.7 Å². The zero-order valence-electron chi connectivity index (χ0n) is 16.5. The molecular weight excluding hydrogens is 366 g/mol. The lowest BCUT2D eigenvalue weighted by Gasteiger charge is -2.09. The summed E-state index contributed by atoms with van der Waals surface area (Å²) in [6.07, 6.45) is 2.13. The van der Waals surface area contributed by atoms with Crippen molar-refractivity contribution in [3.8, 4) is 17.0 Å². The number of hydrogen-bond donors (Lipinski definition) is 1. The Balaban J connectivity index is 1.49. The monoisotopic (exact) mass is 391 g/mol. The summed E-state index contributed by atoms with van der Waals surface area (Å²) < 4.78 is 6.54. The maximum atomic E-state index is 12.1. The SMILES string of the molecule is COc1ccc(-c2ccc(=O)n(CCNC(=O)CCCc3ccccc3)n2)cc1. The van der Waals surface area contributed by atoms with Crippen LogP contribution in [0.3, 0.4) is 0 Å². The summed E-state index contributed by atoms with van der Waals surface area (Å²) >= 11 is 0. The zero-order chi connectivity index (χ0) is 20.5. The summed E-state index contributed by atoms with van der Waals surface area (Å²) in [6.45, 7) is 0.691. The molecule has 3 rings (SSSR count). The molecule has 0 aliphatic rings. The van der Waals surface area contributed by atoms with E-state index in [4.69, 9.17) is 4.74 Å². The molecule has 0 aliphatic heterocycles. The molecule has 3 aromatic rings. The van der Waals surface area contributed by atoms with Gasteiger partial charge in [0, 0.05) is 24.6 Å². The van der Waals surface area contributed by atoms with Crippen molar-refractivity contribution >= 4 is 5.91 Å². The fourth-order valence-electron chi connectivity index (χ4n) is 3.01. The summed E-state index contributed by atoms with van der Waals surface area (Å²) in [6, 6.07) is 20.8. The van der Waals surface area contributed by atoms with E-state index in [2.05, 4.69) is 22.5 Å². The van der Waals surface area contributed by atoms with E-state index in [-0.39, 0.29) is 11.5 Å². The number of carbonyl (C=O) groups is 1. The Bertz CT molecular complexity index is 982. The van der Waals surface area contributed by atoms with Crippen molar-refractivity contribution in [3.05, 3.63) is 82.6 Å². The van der Waals surface area contributed by atoms with Crippen LogP contribution in [-0.2, 0) is 17.8 Å². The third kappa shape index (κ3) is 6.04. The zero-order valence-corrected chi connectivity index (χ0v) is 16.5. The molecule has 2 aromatic carbocycles. The van der Waals surface area contributed by atoms with Gasteiger partial charge in [-0.1, -0.05) is 30.3 Å². The van der Waals surface area contributed by atoms with Gasteiger partial charge in [-0.05, 0) is 48.7 Å². The first-order chi connectivity index (χ1) is 14.2. The Kier molecular flexibility index (Phi) is 7.16. The maximum absolute atomic E-state index is 12.1. The van der Waals surface area contributed by atoms with Crippen LogP contribution in [0.1, 0.15) is 18.4 Å². The number of amides is 1. The van der Waals surface area contributed by atoms with E-state index in [9.17, 15) is 9.59 Å². The van der Waals surface area contributed by atoms with E-state index in [1.54, 1.807) is 13.2 Å². The van der Waals surface area contributed by atoms with Gasteiger partial charge in [0.15, 0.2) is 0 Å². The molecule has 1 heterocycles. The topological polar surface area (TPSA) is 73.2 Å². The number of benzene rings is 2. The average Bonchev–Trinajstić information content (AvgIpc) is 2.76. The van der Waals surface area contributed by atoms with Gasteiger partial charge >= 0.3 is 0 Å². The van der Waals surface area contributed by atoms with Gasteiger partial charge in [-0.25, -0.2) is 4.68 Å². The molecule has 0 fully saturated rings. The highest BCUT2D eigenvalue weighted by atomic mass is 16.5. The molecule has 0 aliphatic carbocycles. The van der Waals surface area contributed by atoms with Crippen molar-refractivity contribution in [1.29, 1.82) is 0 Å². The molecule has 0 saturated heterocycles. The predicted octanol–water partition coefficient (Wildman–Crippen LogP) is 3.06. The standard InChI is InChI=1S/C23H25N3O3/c1-29-20-12-10-19(11-13-20)21-14-15-23(28)26(25-21)17-16-24-22(27)9-5-8-18-6-3-2-4-7-18/h2-4,6-7,10-15H,5,8-9,16-17H2,1H3,(H,24,27). The number of nitrogens with zero attached hydrogens (tertiary/aromatic N) is 2. The lowest BCUT2D eigenvalue weighted by molar-refractivity contribution is -0.121. The Morgan fingerprint density at radius 1 is 1.03 bits per heavy atom. The smallest absolute Gasteiger partial charge is 0.266 e.